The van der Waals surface area contributed by atoms with Gasteiger partial charge in [-0.05, 0) is 0 Å². The van der Waals surface area contributed by atoms with Crippen LogP contribution in [0, 0.1) is 0 Å². The number of carbonyl (C=O) groups is 1. The quantitative estimate of drug-likeness (QED) is 0.306. The molecule has 0 saturated carbocycles. The fraction of sp³-hybridized carbons (Fsp3) is 0.833. The van der Waals surface area contributed by atoms with Gasteiger partial charge in [0.25, 0.3) is 0 Å². The van der Waals surface area contributed by atoms with Crippen LogP contribution in [-0.2, 0) is 4.79 Å². The Morgan fingerprint density at radius 1 is 1.25 bits per heavy atom. The van der Waals surface area contributed by atoms with Crippen molar-refractivity contribution in [3.63, 3.8) is 0 Å². The van der Waals surface area contributed by atoms with Gasteiger partial charge < -0.3 is 26.2 Å². The summed E-state index contributed by atoms with van der Waals surface area (Å²) in [6.07, 6.45) is -4.90. The van der Waals surface area contributed by atoms with E-state index in [1.54, 1.807) is 0 Å². The molecule has 0 fully saturated rings. The number of primary amides is 1. The number of aliphatic hydroxyl groups is 4. The summed E-state index contributed by atoms with van der Waals surface area (Å²) in [5.74, 6) is -0.785. The molecule has 6 N–H and O–H groups in total. The maximum atomic E-state index is 10.2. The minimum atomic E-state index is -1.55. The fourth-order valence-corrected chi connectivity index (χ4v) is 0.691. The van der Waals surface area contributed by atoms with Crippen LogP contribution in [0.2, 0.25) is 0 Å². The van der Waals surface area contributed by atoms with Crippen LogP contribution in [0.5, 0.6) is 0 Å². The van der Waals surface area contributed by atoms with Crippen molar-refractivity contribution >= 4 is 5.91 Å². The molecule has 0 spiro atoms. The second-order valence-corrected chi connectivity index (χ2v) is 2.48. The molecule has 0 radical (unpaired) electrons. The summed E-state index contributed by atoms with van der Waals surface area (Å²) < 4.78 is 0. The number of nitrogens with two attached hydrogens (primary N) is 1. The highest BCUT2D eigenvalue weighted by atomic mass is 16.4. The third-order valence-corrected chi connectivity index (χ3v) is 1.39. The van der Waals surface area contributed by atoms with E-state index in [4.69, 9.17) is 26.2 Å². The average Bonchev–Trinajstić information content (AvgIpc) is 2.00. The number of carbonyl (C=O) groups excluding carboxylic acids is 1. The molecule has 3 atom stereocenters. The van der Waals surface area contributed by atoms with Gasteiger partial charge in [0.2, 0.25) is 5.91 Å². The third kappa shape index (κ3) is 3.63. The van der Waals surface area contributed by atoms with E-state index < -0.39 is 37.2 Å². The maximum absolute atomic E-state index is 10.2. The van der Waals surface area contributed by atoms with Crippen molar-refractivity contribution in [2.45, 2.75) is 24.7 Å². The molecule has 0 unspecified atom stereocenters. The highest BCUT2D eigenvalue weighted by molar-refractivity contribution is 5.74. The average molecular weight is 179 g/mol. The van der Waals surface area contributed by atoms with Crippen LogP contribution < -0.4 is 5.73 Å². The van der Waals surface area contributed by atoms with E-state index in [-0.39, 0.29) is 0 Å². The smallest absolute Gasteiger partial charge is 0.220 e. The topological polar surface area (TPSA) is 124 Å². The standard InChI is InChI=1S/C6H13NO5/c7-5(11)1-3(9)6(12)4(10)2-8/h3-4,6,8-10,12H,1-2H2,(H2,7,11)/t3-,4-,6-/m1/s1. The van der Waals surface area contributed by atoms with Crippen LogP contribution in [0.3, 0.4) is 0 Å². The van der Waals surface area contributed by atoms with Gasteiger partial charge in [-0.2, -0.15) is 0 Å². The Morgan fingerprint density at radius 2 is 1.75 bits per heavy atom. The zero-order chi connectivity index (χ0) is 9.72. The fourth-order valence-electron chi connectivity index (χ4n) is 0.691. The van der Waals surface area contributed by atoms with Gasteiger partial charge in [-0.15, -0.1) is 0 Å². The first-order chi connectivity index (χ1) is 5.49. The minimum absolute atomic E-state index is 0.446. The second kappa shape index (κ2) is 5.04. The lowest BCUT2D eigenvalue weighted by atomic mass is 10.1. The Bertz CT molecular complexity index is 151. The summed E-state index contributed by atoms with van der Waals surface area (Å²) in [6, 6.07) is 0. The first-order valence-electron chi connectivity index (χ1n) is 3.42. The van der Waals surface area contributed by atoms with Crippen LogP contribution in [-0.4, -0.2) is 51.3 Å². The van der Waals surface area contributed by atoms with Crippen molar-refractivity contribution in [1.82, 2.24) is 0 Å². The molecule has 0 rings (SSSR count). The molecule has 1 amide bonds. The lowest BCUT2D eigenvalue weighted by Crippen LogP contribution is -2.41. The molecule has 0 aliphatic rings. The van der Waals surface area contributed by atoms with Gasteiger partial charge in [-0.1, -0.05) is 0 Å². The van der Waals surface area contributed by atoms with Gasteiger partial charge in [0.15, 0.2) is 0 Å². The molecular formula is C6H13NO5. The van der Waals surface area contributed by atoms with E-state index in [2.05, 4.69) is 0 Å². The molecule has 0 aromatic heterocycles. The van der Waals surface area contributed by atoms with Gasteiger partial charge >= 0.3 is 0 Å². The van der Waals surface area contributed by atoms with Gasteiger partial charge in [0.05, 0.1) is 19.1 Å². The molecule has 0 aliphatic carbocycles. The largest absolute Gasteiger partial charge is 0.394 e. The van der Waals surface area contributed by atoms with Crippen molar-refractivity contribution in [2.75, 3.05) is 6.61 Å². The van der Waals surface area contributed by atoms with Crippen LogP contribution in [0.25, 0.3) is 0 Å². The second-order valence-electron chi connectivity index (χ2n) is 2.48. The molecule has 0 aromatic rings. The first kappa shape index (κ1) is 11.3. The highest BCUT2D eigenvalue weighted by Gasteiger charge is 2.24. The Morgan fingerprint density at radius 3 is 2.08 bits per heavy atom. The molecular weight excluding hydrogens is 166 g/mol. The molecule has 0 bridgehead atoms. The van der Waals surface area contributed by atoms with Crippen LogP contribution in [0.15, 0.2) is 0 Å². The minimum Gasteiger partial charge on any atom is -0.394 e. The lowest BCUT2D eigenvalue weighted by molar-refractivity contribution is -0.125. The van der Waals surface area contributed by atoms with Crippen molar-refractivity contribution in [3.05, 3.63) is 0 Å². The summed E-state index contributed by atoms with van der Waals surface area (Å²) in [7, 11) is 0. The molecule has 6 heteroatoms. The maximum Gasteiger partial charge on any atom is 0.220 e. The zero-order valence-electron chi connectivity index (χ0n) is 6.42. The zero-order valence-corrected chi connectivity index (χ0v) is 6.42. The molecule has 0 saturated heterocycles. The van der Waals surface area contributed by atoms with Gasteiger partial charge in [0, 0.05) is 0 Å². The van der Waals surface area contributed by atoms with E-state index >= 15 is 0 Å². The van der Waals surface area contributed by atoms with Crippen LogP contribution >= 0.6 is 0 Å². The number of rotatable bonds is 5. The van der Waals surface area contributed by atoms with Crippen molar-refractivity contribution in [1.29, 1.82) is 0 Å². The van der Waals surface area contributed by atoms with Crippen LogP contribution in [0.1, 0.15) is 6.42 Å². The molecule has 12 heavy (non-hydrogen) atoms. The van der Waals surface area contributed by atoms with Crippen molar-refractivity contribution in [2.24, 2.45) is 5.73 Å². The summed E-state index contributed by atoms with van der Waals surface area (Å²) in [5.41, 5.74) is 4.72. The summed E-state index contributed by atoms with van der Waals surface area (Å²) in [6.45, 7) is -0.684. The van der Waals surface area contributed by atoms with Crippen molar-refractivity contribution in [3.8, 4) is 0 Å². The normalized spacial score (nSPS) is 18.3. The van der Waals surface area contributed by atoms with Crippen LogP contribution in [0.4, 0.5) is 0 Å². The summed E-state index contributed by atoms with van der Waals surface area (Å²) >= 11 is 0. The number of hydrogen-bond donors (Lipinski definition) is 5. The molecule has 0 heterocycles. The Labute approximate surface area is 69.2 Å². The summed E-state index contributed by atoms with van der Waals surface area (Å²) in [5, 5.41) is 35.1. The van der Waals surface area contributed by atoms with Gasteiger partial charge in [-0.25, -0.2) is 0 Å². The number of hydrogen-bond acceptors (Lipinski definition) is 5. The highest BCUT2D eigenvalue weighted by Crippen LogP contribution is 2.02. The monoisotopic (exact) mass is 179 g/mol. The van der Waals surface area contributed by atoms with Gasteiger partial charge in [-0.3, -0.25) is 4.79 Å². The SMILES string of the molecule is NC(=O)C[C@@H](O)[C@@H](O)[C@H](O)CO. The Kier molecular flexibility index (Phi) is 4.75. The molecule has 6 nitrogen and oxygen atoms in total. The number of aliphatic hydroxyl groups excluding tert-OH is 4. The third-order valence-electron chi connectivity index (χ3n) is 1.39. The first-order valence-corrected chi connectivity index (χ1v) is 3.42. The van der Waals surface area contributed by atoms with E-state index in [1.807, 2.05) is 0 Å². The predicted octanol–water partition coefficient (Wildman–Crippen LogP) is -3.06. The number of amides is 1. The molecule has 72 valence electrons. The van der Waals surface area contributed by atoms with E-state index in [0.717, 1.165) is 0 Å². The summed E-state index contributed by atoms with van der Waals surface area (Å²) in [4.78, 5) is 10.2. The van der Waals surface area contributed by atoms with E-state index in [9.17, 15) is 4.79 Å². The Hall–Kier alpha value is -0.690. The molecule has 0 aromatic carbocycles. The molecule has 0 aliphatic heterocycles. The van der Waals surface area contributed by atoms with Crippen molar-refractivity contribution < 1.29 is 25.2 Å². The van der Waals surface area contributed by atoms with E-state index in [0.29, 0.717) is 0 Å². The Balaban J connectivity index is 3.91. The predicted molar refractivity (Wildman–Crippen MR) is 38.9 cm³/mol. The van der Waals surface area contributed by atoms with E-state index in [1.165, 1.54) is 0 Å². The lowest BCUT2D eigenvalue weighted by Gasteiger charge is -2.19. The van der Waals surface area contributed by atoms with Gasteiger partial charge in [0.1, 0.15) is 12.2 Å².